The van der Waals surface area contributed by atoms with Gasteiger partial charge in [-0.1, -0.05) is 34.6 Å². The maximum atomic E-state index is 2.53. The van der Waals surface area contributed by atoms with E-state index in [1.54, 1.807) is 6.42 Å². The second kappa shape index (κ2) is 3.02. The standard InChI is InChI=1S/C15H26/c1-7-10(4)14-12-6-13(9(3)8(12)2)15(14)11(7)5/h7-15H,6H2,1-5H3. The lowest BCUT2D eigenvalue weighted by Gasteiger charge is -2.37. The molecule has 3 rings (SSSR count). The van der Waals surface area contributed by atoms with E-state index >= 15 is 0 Å². The normalized spacial score (nSPS) is 67.4. The fourth-order valence-electron chi connectivity index (χ4n) is 5.77. The molecule has 86 valence electrons. The highest BCUT2D eigenvalue weighted by atomic mass is 14.7. The quantitative estimate of drug-likeness (QED) is 0.560. The zero-order valence-electron chi connectivity index (χ0n) is 10.9. The first-order valence-corrected chi connectivity index (χ1v) is 7.04. The summed E-state index contributed by atoms with van der Waals surface area (Å²) in [5, 5.41) is 0. The molecule has 0 aromatic heterocycles. The van der Waals surface area contributed by atoms with Crippen molar-refractivity contribution in [3.05, 3.63) is 0 Å². The molecule has 0 radical (unpaired) electrons. The van der Waals surface area contributed by atoms with Crippen LogP contribution in [0.2, 0.25) is 0 Å². The Morgan fingerprint density at radius 3 is 1.33 bits per heavy atom. The molecule has 0 aromatic rings. The van der Waals surface area contributed by atoms with Crippen LogP contribution in [0.5, 0.6) is 0 Å². The molecule has 0 heterocycles. The van der Waals surface area contributed by atoms with E-state index in [2.05, 4.69) is 34.6 Å². The van der Waals surface area contributed by atoms with Crippen LogP contribution in [0.15, 0.2) is 0 Å². The van der Waals surface area contributed by atoms with Crippen LogP contribution in [0, 0.1) is 53.3 Å². The molecule has 15 heavy (non-hydrogen) atoms. The van der Waals surface area contributed by atoms with Crippen LogP contribution in [0.4, 0.5) is 0 Å². The third kappa shape index (κ3) is 1.04. The predicted octanol–water partition coefficient (Wildman–Crippen LogP) is 4.06. The molecular formula is C15H26. The van der Waals surface area contributed by atoms with Crippen LogP contribution in [-0.2, 0) is 0 Å². The number of rotatable bonds is 0. The molecule has 8 atom stereocenters. The van der Waals surface area contributed by atoms with Crippen molar-refractivity contribution in [2.24, 2.45) is 53.3 Å². The Labute approximate surface area is 94.8 Å². The van der Waals surface area contributed by atoms with Crippen LogP contribution in [0.25, 0.3) is 0 Å². The van der Waals surface area contributed by atoms with E-state index in [4.69, 9.17) is 0 Å². The van der Waals surface area contributed by atoms with Gasteiger partial charge in [0.05, 0.1) is 0 Å². The molecule has 3 aliphatic rings. The summed E-state index contributed by atoms with van der Waals surface area (Å²) in [6.07, 6.45) is 1.57. The summed E-state index contributed by atoms with van der Waals surface area (Å²) in [5.41, 5.74) is 0. The van der Waals surface area contributed by atoms with E-state index in [1.165, 1.54) is 0 Å². The SMILES string of the molecule is CC1C(C)C2C3CC(C(C)C3C)C2C1C. The Morgan fingerprint density at radius 2 is 0.933 bits per heavy atom. The van der Waals surface area contributed by atoms with Crippen molar-refractivity contribution in [2.45, 2.75) is 41.0 Å². The summed E-state index contributed by atoms with van der Waals surface area (Å²) < 4.78 is 0. The van der Waals surface area contributed by atoms with Gasteiger partial charge in [-0.05, 0) is 59.7 Å². The van der Waals surface area contributed by atoms with E-state index in [9.17, 15) is 0 Å². The highest BCUT2D eigenvalue weighted by molar-refractivity contribution is 5.09. The van der Waals surface area contributed by atoms with Gasteiger partial charge in [-0.15, -0.1) is 0 Å². The molecule has 0 spiro atoms. The average molecular weight is 206 g/mol. The minimum Gasteiger partial charge on any atom is -0.0620 e. The lowest BCUT2D eigenvalue weighted by molar-refractivity contribution is 0.104. The highest BCUT2D eigenvalue weighted by Gasteiger charge is 2.61. The van der Waals surface area contributed by atoms with Crippen molar-refractivity contribution in [1.82, 2.24) is 0 Å². The smallest absolute Gasteiger partial charge is 0.0321 e. The highest BCUT2D eigenvalue weighted by Crippen LogP contribution is 2.67. The number of fused-ring (bicyclic) bond motifs is 5. The summed E-state index contributed by atoms with van der Waals surface area (Å²) in [7, 11) is 0. The van der Waals surface area contributed by atoms with E-state index in [0.29, 0.717) is 0 Å². The summed E-state index contributed by atoms with van der Waals surface area (Å²) in [5.74, 6) is 9.33. The zero-order valence-corrected chi connectivity index (χ0v) is 10.9. The van der Waals surface area contributed by atoms with Gasteiger partial charge in [-0.3, -0.25) is 0 Å². The summed E-state index contributed by atoms with van der Waals surface area (Å²) in [6.45, 7) is 12.6. The summed E-state index contributed by atoms with van der Waals surface area (Å²) in [6, 6.07) is 0. The Bertz CT molecular complexity index is 243. The van der Waals surface area contributed by atoms with Gasteiger partial charge in [0.25, 0.3) is 0 Å². The first-order valence-electron chi connectivity index (χ1n) is 7.04. The maximum Gasteiger partial charge on any atom is -0.0321 e. The van der Waals surface area contributed by atoms with Crippen LogP contribution in [-0.4, -0.2) is 0 Å². The Morgan fingerprint density at radius 1 is 0.533 bits per heavy atom. The van der Waals surface area contributed by atoms with Crippen molar-refractivity contribution in [2.75, 3.05) is 0 Å². The third-order valence-corrected chi connectivity index (χ3v) is 7.03. The van der Waals surface area contributed by atoms with Gasteiger partial charge in [0.15, 0.2) is 0 Å². The maximum absolute atomic E-state index is 2.53. The van der Waals surface area contributed by atoms with Gasteiger partial charge in [0.2, 0.25) is 0 Å². The largest absolute Gasteiger partial charge is 0.0620 e. The second-order valence-electron chi connectivity index (χ2n) is 7.01. The summed E-state index contributed by atoms with van der Waals surface area (Å²) >= 11 is 0. The molecule has 0 amide bonds. The Kier molecular flexibility index (Phi) is 2.05. The topological polar surface area (TPSA) is 0 Å². The van der Waals surface area contributed by atoms with Crippen LogP contribution in [0.1, 0.15) is 41.0 Å². The molecule has 0 saturated heterocycles. The van der Waals surface area contributed by atoms with Gasteiger partial charge < -0.3 is 0 Å². The van der Waals surface area contributed by atoms with Gasteiger partial charge in [0, 0.05) is 0 Å². The molecule has 3 fully saturated rings. The first-order chi connectivity index (χ1) is 7.04. The van der Waals surface area contributed by atoms with Crippen molar-refractivity contribution in [1.29, 1.82) is 0 Å². The fraction of sp³-hybridized carbons (Fsp3) is 1.00. The van der Waals surface area contributed by atoms with Crippen LogP contribution < -0.4 is 0 Å². The molecule has 8 unspecified atom stereocenters. The molecular weight excluding hydrogens is 180 g/mol. The number of hydrogen-bond donors (Lipinski definition) is 0. The summed E-state index contributed by atoms with van der Waals surface area (Å²) in [4.78, 5) is 0. The lowest BCUT2D eigenvalue weighted by atomic mass is 9.68. The molecule has 0 nitrogen and oxygen atoms in total. The Hall–Kier alpha value is 0. The van der Waals surface area contributed by atoms with Gasteiger partial charge in [-0.2, -0.15) is 0 Å². The lowest BCUT2D eigenvalue weighted by Crippen LogP contribution is -2.32. The molecule has 0 aromatic carbocycles. The molecule has 2 bridgehead atoms. The average Bonchev–Trinajstić information content (AvgIpc) is 2.79. The van der Waals surface area contributed by atoms with E-state index in [-0.39, 0.29) is 0 Å². The van der Waals surface area contributed by atoms with E-state index in [0.717, 1.165) is 53.3 Å². The molecule has 3 saturated carbocycles. The zero-order chi connectivity index (χ0) is 10.9. The predicted molar refractivity (Wildman–Crippen MR) is 64.4 cm³/mol. The minimum atomic E-state index is 0.975. The van der Waals surface area contributed by atoms with Crippen molar-refractivity contribution < 1.29 is 0 Å². The van der Waals surface area contributed by atoms with Crippen molar-refractivity contribution in [3.8, 4) is 0 Å². The van der Waals surface area contributed by atoms with Crippen molar-refractivity contribution in [3.63, 3.8) is 0 Å². The van der Waals surface area contributed by atoms with Crippen molar-refractivity contribution >= 4 is 0 Å². The van der Waals surface area contributed by atoms with Crippen LogP contribution >= 0.6 is 0 Å². The molecule has 0 aliphatic heterocycles. The molecule has 0 N–H and O–H groups in total. The first kappa shape index (κ1) is 10.2. The van der Waals surface area contributed by atoms with Gasteiger partial charge >= 0.3 is 0 Å². The minimum absolute atomic E-state index is 0.975. The van der Waals surface area contributed by atoms with Gasteiger partial charge in [-0.25, -0.2) is 0 Å². The second-order valence-corrected chi connectivity index (χ2v) is 7.01. The van der Waals surface area contributed by atoms with E-state index in [1.807, 2.05) is 0 Å². The third-order valence-electron chi connectivity index (χ3n) is 7.03. The fourth-order valence-corrected chi connectivity index (χ4v) is 5.77. The van der Waals surface area contributed by atoms with Crippen LogP contribution in [0.3, 0.4) is 0 Å². The number of hydrogen-bond acceptors (Lipinski definition) is 0. The Balaban J connectivity index is 1.95. The molecule has 3 aliphatic carbocycles. The van der Waals surface area contributed by atoms with Gasteiger partial charge in [0.1, 0.15) is 0 Å². The monoisotopic (exact) mass is 206 g/mol. The molecule has 0 heteroatoms. The van der Waals surface area contributed by atoms with E-state index < -0.39 is 0 Å².